The summed E-state index contributed by atoms with van der Waals surface area (Å²) in [5.41, 5.74) is 6.65. The van der Waals surface area contributed by atoms with Gasteiger partial charge in [-0.05, 0) is 66.2 Å². The maximum atomic E-state index is 12.8. The third-order valence-corrected chi connectivity index (χ3v) is 7.82. The average Bonchev–Trinajstić information content (AvgIpc) is 3.22. The van der Waals surface area contributed by atoms with Crippen molar-refractivity contribution in [3.8, 4) is 17.2 Å². The van der Waals surface area contributed by atoms with E-state index in [1.54, 1.807) is 13.3 Å². The molecule has 6 rings (SSSR count). The molecule has 6 aromatic rings. The summed E-state index contributed by atoms with van der Waals surface area (Å²) >= 11 is 0. The summed E-state index contributed by atoms with van der Waals surface area (Å²) < 4.78 is 15.0. The van der Waals surface area contributed by atoms with Crippen molar-refractivity contribution in [2.45, 2.75) is 0 Å². The summed E-state index contributed by atoms with van der Waals surface area (Å²) in [6.07, 6.45) is 0. The van der Waals surface area contributed by atoms with Gasteiger partial charge in [-0.15, -0.1) is 0 Å². The van der Waals surface area contributed by atoms with Crippen molar-refractivity contribution in [2.75, 3.05) is 13.3 Å². The van der Waals surface area contributed by atoms with Crippen LogP contribution >= 0.6 is 7.14 Å². The molecule has 0 saturated heterocycles. The van der Waals surface area contributed by atoms with Gasteiger partial charge in [0.05, 0.1) is 28.2 Å². The van der Waals surface area contributed by atoms with Gasteiger partial charge >= 0.3 is 0 Å². The van der Waals surface area contributed by atoms with Crippen molar-refractivity contribution in [2.24, 2.45) is 0 Å². The molecule has 0 aliphatic carbocycles. The number of fused-ring (bicyclic) bond motifs is 8. The van der Waals surface area contributed by atoms with Crippen LogP contribution in [-0.4, -0.2) is 22.7 Å². The van der Waals surface area contributed by atoms with Crippen molar-refractivity contribution < 1.29 is 4.57 Å². The quantitative estimate of drug-likeness (QED) is 0.223. The van der Waals surface area contributed by atoms with Gasteiger partial charge in [-0.1, -0.05) is 48.5 Å². The molecule has 33 heavy (non-hydrogen) atoms. The third-order valence-electron chi connectivity index (χ3n) is 6.30. The fourth-order valence-corrected chi connectivity index (χ4v) is 5.47. The Morgan fingerprint density at radius 3 is 2.30 bits per heavy atom. The number of nitriles is 1. The Morgan fingerprint density at radius 2 is 1.55 bits per heavy atom. The molecule has 0 aliphatic rings. The molecule has 0 saturated carbocycles. The van der Waals surface area contributed by atoms with Crippen molar-refractivity contribution >= 4 is 50.8 Å². The van der Waals surface area contributed by atoms with E-state index in [1.807, 2.05) is 54.6 Å². The molecule has 0 bridgehead atoms. The van der Waals surface area contributed by atoms with Gasteiger partial charge in [0, 0.05) is 16.1 Å². The van der Waals surface area contributed by atoms with E-state index in [0.29, 0.717) is 5.56 Å². The second-order valence-corrected chi connectivity index (χ2v) is 12.0. The lowest BCUT2D eigenvalue weighted by Gasteiger charge is -2.12. The van der Waals surface area contributed by atoms with E-state index in [4.69, 9.17) is 10.2 Å². The Hall–Kier alpha value is -3.93. The molecule has 158 valence electrons. The molecule has 0 atom stereocenters. The summed E-state index contributed by atoms with van der Waals surface area (Å²) in [5, 5.41) is 13.2. The van der Waals surface area contributed by atoms with E-state index in [0.717, 1.165) is 54.8 Å². The first-order chi connectivity index (χ1) is 15.9. The first-order valence-electron chi connectivity index (χ1n) is 10.8. The second-order valence-electron chi connectivity index (χ2n) is 8.76. The smallest absolute Gasteiger partial charge is 0.146 e. The molecule has 0 spiro atoms. The lowest BCUT2D eigenvalue weighted by molar-refractivity contribution is 0.588. The van der Waals surface area contributed by atoms with Crippen LogP contribution in [0.2, 0.25) is 0 Å². The van der Waals surface area contributed by atoms with Crippen LogP contribution in [0.15, 0.2) is 84.9 Å². The molecule has 0 unspecified atom stereocenters. The highest BCUT2D eigenvalue weighted by molar-refractivity contribution is 7.70. The van der Waals surface area contributed by atoms with E-state index in [2.05, 4.69) is 40.8 Å². The topological polar surface area (TPSA) is 58.2 Å². The summed E-state index contributed by atoms with van der Waals surface area (Å²) in [4.78, 5) is 5.01. The second kappa shape index (κ2) is 7.04. The fraction of sp³-hybridized carbons (Fsp3) is 0.0714. The minimum absolute atomic E-state index is 0.645. The zero-order chi connectivity index (χ0) is 22.7. The zero-order valence-electron chi connectivity index (χ0n) is 18.3. The van der Waals surface area contributed by atoms with Gasteiger partial charge in [-0.3, -0.25) is 4.40 Å². The maximum Gasteiger partial charge on any atom is 0.146 e. The van der Waals surface area contributed by atoms with Crippen molar-refractivity contribution in [1.29, 1.82) is 5.26 Å². The predicted octanol–water partition coefficient (Wildman–Crippen LogP) is 6.58. The summed E-state index contributed by atoms with van der Waals surface area (Å²) in [6.45, 7) is 3.61. The van der Waals surface area contributed by atoms with E-state index in [1.165, 1.54) is 0 Å². The van der Waals surface area contributed by atoms with Crippen LogP contribution in [0, 0.1) is 11.3 Å². The molecule has 4 aromatic carbocycles. The number of para-hydroxylation sites is 1. The fourth-order valence-electron chi connectivity index (χ4n) is 4.60. The Morgan fingerprint density at radius 1 is 0.788 bits per heavy atom. The average molecular weight is 445 g/mol. The highest BCUT2D eigenvalue weighted by Gasteiger charge is 2.17. The van der Waals surface area contributed by atoms with Gasteiger partial charge in [0.15, 0.2) is 0 Å². The van der Waals surface area contributed by atoms with Gasteiger partial charge in [0.25, 0.3) is 0 Å². The van der Waals surface area contributed by atoms with Crippen LogP contribution < -0.4 is 5.30 Å². The molecule has 0 amide bonds. The first-order valence-corrected chi connectivity index (χ1v) is 13.4. The van der Waals surface area contributed by atoms with E-state index in [9.17, 15) is 4.57 Å². The molecular weight excluding hydrogens is 425 g/mol. The standard InChI is InChI=1S/C28H20N3OP/c1-33(2,32)21-12-13-22-23-5-3-4-6-26(23)31-27-15-20(19-9-7-18(17-29)8-10-19)11-14-25(27)30-28(31)24(22)16-21/h3-16H,1-2H3. The molecule has 5 heteroatoms. The van der Waals surface area contributed by atoms with Crippen LogP contribution in [0.5, 0.6) is 0 Å². The molecule has 0 aliphatic heterocycles. The third kappa shape index (κ3) is 3.05. The van der Waals surface area contributed by atoms with Gasteiger partial charge < -0.3 is 4.57 Å². The Kier molecular flexibility index (Phi) is 4.21. The van der Waals surface area contributed by atoms with Crippen LogP contribution in [0.3, 0.4) is 0 Å². The Bertz CT molecular complexity index is 1820. The molecule has 0 N–H and O–H groups in total. The number of hydrogen-bond donors (Lipinski definition) is 0. The van der Waals surface area contributed by atoms with Crippen molar-refractivity contribution in [3.05, 3.63) is 90.5 Å². The van der Waals surface area contributed by atoms with Crippen LogP contribution in [0.1, 0.15) is 5.56 Å². The number of imidazole rings is 1. The van der Waals surface area contributed by atoms with Gasteiger partial charge in [-0.2, -0.15) is 5.26 Å². The first kappa shape index (κ1) is 19.7. The van der Waals surface area contributed by atoms with Gasteiger partial charge in [-0.25, -0.2) is 4.98 Å². The highest BCUT2D eigenvalue weighted by Crippen LogP contribution is 2.38. The highest BCUT2D eigenvalue weighted by atomic mass is 31.2. The number of rotatable bonds is 2. The molecule has 2 heterocycles. The number of pyridine rings is 1. The van der Waals surface area contributed by atoms with Gasteiger partial charge in [0.2, 0.25) is 0 Å². The number of benzene rings is 4. The molecule has 2 aromatic heterocycles. The van der Waals surface area contributed by atoms with Crippen molar-refractivity contribution in [3.63, 3.8) is 0 Å². The van der Waals surface area contributed by atoms with Crippen LogP contribution in [-0.2, 0) is 4.57 Å². The normalized spacial score (nSPS) is 12.0. The van der Waals surface area contributed by atoms with E-state index < -0.39 is 7.14 Å². The van der Waals surface area contributed by atoms with Crippen molar-refractivity contribution in [1.82, 2.24) is 9.38 Å². The minimum Gasteiger partial charge on any atom is -0.319 e. The monoisotopic (exact) mass is 445 g/mol. The summed E-state index contributed by atoms with van der Waals surface area (Å²) in [7, 11) is -2.41. The number of nitrogens with zero attached hydrogens (tertiary/aromatic N) is 3. The van der Waals surface area contributed by atoms with Crippen LogP contribution in [0.4, 0.5) is 0 Å². The lowest BCUT2D eigenvalue weighted by atomic mass is 10.0. The van der Waals surface area contributed by atoms with E-state index >= 15 is 0 Å². The molecule has 4 nitrogen and oxygen atoms in total. The van der Waals surface area contributed by atoms with E-state index in [-0.39, 0.29) is 0 Å². The lowest BCUT2D eigenvalue weighted by Crippen LogP contribution is -2.03. The summed E-state index contributed by atoms with van der Waals surface area (Å²) in [6, 6.07) is 30.5. The summed E-state index contributed by atoms with van der Waals surface area (Å²) in [5.74, 6) is 0. The minimum atomic E-state index is -2.41. The maximum absolute atomic E-state index is 12.8. The number of hydrogen-bond acceptors (Lipinski definition) is 3. The predicted molar refractivity (Wildman–Crippen MR) is 137 cm³/mol. The zero-order valence-corrected chi connectivity index (χ0v) is 19.2. The Balaban J connectivity index is 1.73. The molecular formula is C28H20N3OP. The molecule has 0 fully saturated rings. The number of aromatic nitrogens is 2. The van der Waals surface area contributed by atoms with Crippen LogP contribution in [0.25, 0.3) is 49.5 Å². The molecule has 0 radical (unpaired) electrons. The van der Waals surface area contributed by atoms with Gasteiger partial charge in [0.1, 0.15) is 12.8 Å². The largest absolute Gasteiger partial charge is 0.319 e. The SMILES string of the molecule is CP(C)(=O)c1ccc2c3ccccc3n3c4cc(-c5ccc(C#N)cc5)ccc4nc3c2c1. The Labute approximate surface area is 191 Å².